The summed E-state index contributed by atoms with van der Waals surface area (Å²) >= 11 is 1.67. The van der Waals surface area contributed by atoms with Crippen LogP contribution in [0.25, 0.3) is 0 Å². The van der Waals surface area contributed by atoms with Crippen LogP contribution in [0.15, 0.2) is 0 Å². The molecule has 0 fully saturated rings. The lowest BCUT2D eigenvalue weighted by atomic mass is 10.1. The maximum absolute atomic E-state index is 11.4. The number of carbonyl (C=O) groups excluding carboxylic acids is 1. The smallest absolute Gasteiger partial charge is 0.237 e. The molecule has 0 heterocycles. The van der Waals surface area contributed by atoms with Crippen LogP contribution in [0.1, 0.15) is 20.3 Å². The molecule has 1 unspecified atom stereocenters. The zero-order valence-electron chi connectivity index (χ0n) is 9.69. The summed E-state index contributed by atoms with van der Waals surface area (Å²) in [6, 6.07) is -0.461. The SMILES string of the molecule is CSCC[C@H](N)C(=O)NCC(O)C(C)C. The van der Waals surface area contributed by atoms with E-state index < -0.39 is 12.1 Å². The molecule has 0 aromatic heterocycles. The van der Waals surface area contributed by atoms with Crippen molar-refractivity contribution in [2.45, 2.75) is 32.4 Å². The Hall–Kier alpha value is -0.260. The summed E-state index contributed by atoms with van der Waals surface area (Å²) in [7, 11) is 0. The first-order valence-corrected chi connectivity index (χ1v) is 6.58. The highest BCUT2D eigenvalue weighted by atomic mass is 32.2. The second-order valence-corrected chi connectivity index (χ2v) is 4.93. The molecule has 0 aliphatic rings. The molecule has 0 saturated carbocycles. The number of aliphatic hydroxyl groups is 1. The molecular formula is C10H22N2O2S. The van der Waals surface area contributed by atoms with Crippen molar-refractivity contribution in [1.82, 2.24) is 5.32 Å². The molecule has 0 saturated heterocycles. The van der Waals surface area contributed by atoms with Crippen molar-refractivity contribution in [3.8, 4) is 0 Å². The Balaban J connectivity index is 3.73. The number of hydrogen-bond acceptors (Lipinski definition) is 4. The Kier molecular flexibility index (Phi) is 7.82. The lowest BCUT2D eigenvalue weighted by molar-refractivity contribution is -0.122. The van der Waals surface area contributed by atoms with Gasteiger partial charge in [0.2, 0.25) is 5.91 Å². The van der Waals surface area contributed by atoms with E-state index in [-0.39, 0.29) is 18.4 Å². The fourth-order valence-electron chi connectivity index (χ4n) is 0.948. The van der Waals surface area contributed by atoms with E-state index in [1.807, 2.05) is 20.1 Å². The maximum atomic E-state index is 11.4. The Bertz CT molecular complexity index is 188. The fourth-order valence-corrected chi connectivity index (χ4v) is 1.44. The first-order chi connectivity index (χ1) is 6.99. The molecule has 5 heteroatoms. The van der Waals surface area contributed by atoms with Gasteiger partial charge in [-0.15, -0.1) is 0 Å². The molecule has 1 amide bonds. The number of amides is 1. The van der Waals surface area contributed by atoms with Gasteiger partial charge in [-0.2, -0.15) is 11.8 Å². The second-order valence-electron chi connectivity index (χ2n) is 3.94. The average molecular weight is 234 g/mol. The lowest BCUT2D eigenvalue weighted by Gasteiger charge is -2.17. The van der Waals surface area contributed by atoms with Crippen LogP contribution in [0.5, 0.6) is 0 Å². The van der Waals surface area contributed by atoms with Gasteiger partial charge in [0, 0.05) is 6.54 Å². The summed E-state index contributed by atoms with van der Waals surface area (Å²) in [6.07, 6.45) is 2.15. The normalized spacial score (nSPS) is 15.1. The minimum atomic E-state index is -0.498. The molecule has 2 atom stereocenters. The fraction of sp³-hybridized carbons (Fsp3) is 0.900. The summed E-state index contributed by atoms with van der Waals surface area (Å²) in [6.45, 7) is 4.10. The average Bonchev–Trinajstić information content (AvgIpc) is 2.21. The number of nitrogens with two attached hydrogens (primary N) is 1. The highest BCUT2D eigenvalue weighted by molar-refractivity contribution is 7.98. The van der Waals surface area contributed by atoms with Crippen LogP contribution in [-0.4, -0.2) is 41.7 Å². The van der Waals surface area contributed by atoms with Gasteiger partial charge in [0.1, 0.15) is 0 Å². The summed E-state index contributed by atoms with van der Waals surface area (Å²) in [5, 5.41) is 12.1. The molecule has 0 rings (SSSR count). The first-order valence-electron chi connectivity index (χ1n) is 5.19. The highest BCUT2D eigenvalue weighted by Gasteiger charge is 2.15. The summed E-state index contributed by atoms with van der Waals surface area (Å²) in [5.41, 5.74) is 5.66. The number of thioether (sulfide) groups is 1. The molecule has 0 aromatic carbocycles. The topological polar surface area (TPSA) is 75.4 Å². The number of rotatable bonds is 7. The quantitative estimate of drug-likeness (QED) is 0.588. The van der Waals surface area contributed by atoms with Crippen molar-refractivity contribution < 1.29 is 9.90 Å². The van der Waals surface area contributed by atoms with E-state index in [1.165, 1.54) is 0 Å². The van der Waals surface area contributed by atoms with Crippen molar-refractivity contribution in [3.05, 3.63) is 0 Å². The monoisotopic (exact) mass is 234 g/mol. The van der Waals surface area contributed by atoms with Gasteiger partial charge in [-0.1, -0.05) is 13.8 Å². The first kappa shape index (κ1) is 14.7. The second kappa shape index (κ2) is 7.96. The Morgan fingerprint density at radius 1 is 1.53 bits per heavy atom. The van der Waals surface area contributed by atoms with Crippen LogP contribution in [0.2, 0.25) is 0 Å². The van der Waals surface area contributed by atoms with E-state index in [2.05, 4.69) is 5.32 Å². The van der Waals surface area contributed by atoms with E-state index in [0.717, 1.165) is 5.75 Å². The minimum Gasteiger partial charge on any atom is -0.391 e. The van der Waals surface area contributed by atoms with Crippen molar-refractivity contribution >= 4 is 17.7 Å². The predicted molar refractivity (Wildman–Crippen MR) is 64.8 cm³/mol. The van der Waals surface area contributed by atoms with Crippen LogP contribution in [0.4, 0.5) is 0 Å². The molecule has 0 aromatic rings. The molecule has 0 bridgehead atoms. The van der Waals surface area contributed by atoms with Gasteiger partial charge >= 0.3 is 0 Å². The molecule has 0 aliphatic heterocycles. The van der Waals surface area contributed by atoms with E-state index in [1.54, 1.807) is 11.8 Å². The van der Waals surface area contributed by atoms with Crippen LogP contribution in [0.3, 0.4) is 0 Å². The van der Waals surface area contributed by atoms with E-state index in [0.29, 0.717) is 6.42 Å². The van der Waals surface area contributed by atoms with Crippen LogP contribution in [-0.2, 0) is 4.79 Å². The number of hydrogen-bond donors (Lipinski definition) is 3. The summed E-state index contributed by atoms with van der Waals surface area (Å²) in [5.74, 6) is 0.845. The molecule has 0 aliphatic carbocycles. The van der Waals surface area contributed by atoms with Gasteiger partial charge in [-0.25, -0.2) is 0 Å². The van der Waals surface area contributed by atoms with Gasteiger partial charge in [0.05, 0.1) is 12.1 Å². The molecule has 90 valence electrons. The molecule has 4 N–H and O–H groups in total. The van der Waals surface area contributed by atoms with Gasteiger partial charge in [-0.05, 0) is 24.3 Å². The molecule has 4 nitrogen and oxygen atoms in total. The number of aliphatic hydroxyl groups excluding tert-OH is 1. The van der Waals surface area contributed by atoms with Gasteiger partial charge < -0.3 is 16.2 Å². The predicted octanol–water partition coefficient (Wildman–Crippen LogP) is 0.200. The van der Waals surface area contributed by atoms with Gasteiger partial charge in [-0.3, -0.25) is 4.79 Å². The van der Waals surface area contributed by atoms with E-state index in [9.17, 15) is 9.90 Å². The molecule has 0 radical (unpaired) electrons. The summed E-state index contributed by atoms with van der Waals surface area (Å²) in [4.78, 5) is 11.4. The van der Waals surface area contributed by atoms with Crippen molar-refractivity contribution in [2.75, 3.05) is 18.6 Å². The molecule has 0 spiro atoms. The Morgan fingerprint density at radius 3 is 2.60 bits per heavy atom. The Morgan fingerprint density at radius 2 is 2.13 bits per heavy atom. The molecule has 15 heavy (non-hydrogen) atoms. The molecular weight excluding hydrogens is 212 g/mol. The number of nitrogens with one attached hydrogen (secondary N) is 1. The van der Waals surface area contributed by atoms with Crippen LogP contribution >= 0.6 is 11.8 Å². The number of carbonyl (C=O) groups is 1. The van der Waals surface area contributed by atoms with Crippen molar-refractivity contribution in [1.29, 1.82) is 0 Å². The largest absolute Gasteiger partial charge is 0.391 e. The third-order valence-electron chi connectivity index (χ3n) is 2.22. The van der Waals surface area contributed by atoms with Crippen molar-refractivity contribution in [2.24, 2.45) is 11.7 Å². The zero-order chi connectivity index (χ0) is 11.8. The van der Waals surface area contributed by atoms with Crippen molar-refractivity contribution in [3.63, 3.8) is 0 Å². The highest BCUT2D eigenvalue weighted by Crippen LogP contribution is 2.01. The van der Waals surface area contributed by atoms with Crippen LogP contribution in [0, 0.1) is 5.92 Å². The Labute approximate surface area is 96.0 Å². The minimum absolute atomic E-state index is 0.146. The lowest BCUT2D eigenvalue weighted by Crippen LogP contribution is -2.44. The third kappa shape index (κ3) is 6.76. The summed E-state index contributed by atoms with van der Waals surface area (Å²) < 4.78 is 0. The van der Waals surface area contributed by atoms with Crippen LogP contribution < -0.4 is 11.1 Å². The van der Waals surface area contributed by atoms with Gasteiger partial charge in [0.25, 0.3) is 0 Å². The van der Waals surface area contributed by atoms with E-state index in [4.69, 9.17) is 5.73 Å². The van der Waals surface area contributed by atoms with E-state index >= 15 is 0 Å². The zero-order valence-corrected chi connectivity index (χ0v) is 10.5. The van der Waals surface area contributed by atoms with Gasteiger partial charge in [0.15, 0.2) is 0 Å². The third-order valence-corrected chi connectivity index (χ3v) is 2.87. The maximum Gasteiger partial charge on any atom is 0.237 e. The standard InChI is InChI=1S/C10H22N2O2S/c1-7(2)9(13)6-12-10(14)8(11)4-5-15-3/h7-9,13H,4-6,11H2,1-3H3,(H,12,14)/t8-,9?/m0/s1.